The highest BCUT2D eigenvalue weighted by Gasteiger charge is 2.22. The number of anilines is 2. The molecular weight excluding hydrogens is 344 g/mol. The van der Waals surface area contributed by atoms with Gasteiger partial charge >= 0.3 is 0 Å². The Bertz CT molecular complexity index is 934. The summed E-state index contributed by atoms with van der Waals surface area (Å²) in [4.78, 5) is 21.5. The Morgan fingerprint density at radius 2 is 2.15 bits per heavy atom. The number of carbonyl (C=O) groups excluding carboxylic acids is 1. The number of ether oxygens (including phenoxy) is 1. The van der Waals surface area contributed by atoms with E-state index in [-0.39, 0.29) is 11.9 Å². The summed E-state index contributed by atoms with van der Waals surface area (Å²) in [7, 11) is 0. The predicted molar refractivity (Wildman–Crippen MR) is 103 cm³/mol. The first-order valence-electron chi connectivity index (χ1n) is 9.16. The number of pyridine rings is 2. The molecule has 1 aliphatic rings. The van der Waals surface area contributed by atoms with Crippen molar-refractivity contribution >= 4 is 28.3 Å². The van der Waals surface area contributed by atoms with Gasteiger partial charge in [0.15, 0.2) is 5.65 Å². The van der Waals surface area contributed by atoms with Crippen LogP contribution in [0.25, 0.3) is 11.0 Å². The van der Waals surface area contributed by atoms with Gasteiger partial charge in [0.1, 0.15) is 0 Å². The molecule has 1 amide bonds. The Kier molecular flexibility index (Phi) is 4.97. The molecule has 0 unspecified atom stereocenters. The first-order valence-corrected chi connectivity index (χ1v) is 9.16. The van der Waals surface area contributed by atoms with Gasteiger partial charge in [0.05, 0.1) is 34.7 Å². The molecule has 0 aromatic carbocycles. The van der Waals surface area contributed by atoms with Crippen molar-refractivity contribution in [2.75, 3.05) is 23.8 Å². The van der Waals surface area contributed by atoms with Crippen molar-refractivity contribution in [1.29, 1.82) is 0 Å². The molecule has 27 heavy (non-hydrogen) atoms. The second kappa shape index (κ2) is 7.71. The fourth-order valence-corrected chi connectivity index (χ4v) is 3.27. The minimum Gasteiger partial charge on any atom is -0.381 e. The second-order valence-corrected chi connectivity index (χ2v) is 6.47. The van der Waals surface area contributed by atoms with Crippen LogP contribution in [0.5, 0.6) is 0 Å². The summed E-state index contributed by atoms with van der Waals surface area (Å²) in [6, 6.07) is 3.83. The maximum atomic E-state index is 12.9. The zero-order chi connectivity index (χ0) is 18.6. The Labute approximate surface area is 157 Å². The molecule has 1 saturated heterocycles. The summed E-state index contributed by atoms with van der Waals surface area (Å²) < 4.78 is 7.27. The van der Waals surface area contributed by atoms with Crippen LogP contribution < -0.4 is 10.6 Å². The van der Waals surface area contributed by atoms with Crippen LogP contribution in [-0.4, -0.2) is 44.9 Å². The normalized spacial score (nSPS) is 15.0. The van der Waals surface area contributed by atoms with E-state index in [1.165, 1.54) is 0 Å². The molecule has 0 bridgehead atoms. The molecule has 3 aromatic heterocycles. The van der Waals surface area contributed by atoms with Gasteiger partial charge < -0.3 is 15.4 Å². The van der Waals surface area contributed by atoms with E-state index in [4.69, 9.17) is 4.74 Å². The van der Waals surface area contributed by atoms with Crippen LogP contribution in [0.3, 0.4) is 0 Å². The van der Waals surface area contributed by atoms with Gasteiger partial charge in [-0.15, -0.1) is 0 Å². The van der Waals surface area contributed by atoms with E-state index >= 15 is 0 Å². The van der Waals surface area contributed by atoms with Crippen molar-refractivity contribution < 1.29 is 9.53 Å². The number of fused-ring (bicyclic) bond motifs is 1. The maximum absolute atomic E-state index is 12.9. The first kappa shape index (κ1) is 17.4. The topological polar surface area (TPSA) is 94.0 Å². The summed E-state index contributed by atoms with van der Waals surface area (Å²) in [5.74, 6) is -0.226. The molecule has 4 rings (SSSR count). The first-order chi connectivity index (χ1) is 13.3. The molecule has 0 spiro atoms. The van der Waals surface area contributed by atoms with E-state index in [1.807, 2.05) is 11.6 Å². The van der Waals surface area contributed by atoms with Gasteiger partial charge in [-0.3, -0.25) is 9.78 Å². The summed E-state index contributed by atoms with van der Waals surface area (Å²) in [5, 5.41) is 11.7. The SMILES string of the molecule is CCn1ncc2c(NC3CCOCC3)c(C(=O)Nc3cccnc3)cnc21. The monoisotopic (exact) mass is 366 g/mol. The highest BCUT2D eigenvalue weighted by atomic mass is 16.5. The van der Waals surface area contributed by atoms with Gasteiger partial charge in [0, 0.05) is 38.2 Å². The lowest BCUT2D eigenvalue weighted by Gasteiger charge is -2.25. The molecule has 2 N–H and O–H groups in total. The van der Waals surface area contributed by atoms with Gasteiger partial charge in [-0.05, 0) is 31.9 Å². The summed E-state index contributed by atoms with van der Waals surface area (Å²) in [5.41, 5.74) is 2.68. The average molecular weight is 366 g/mol. The molecule has 0 aliphatic carbocycles. The molecule has 4 heterocycles. The fourth-order valence-electron chi connectivity index (χ4n) is 3.27. The van der Waals surface area contributed by atoms with Crippen LogP contribution in [-0.2, 0) is 11.3 Å². The van der Waals surface area contributed by atoms with Crippen molar-refractivity contribution in [3.8, 4) is 0 Å². The van der Waals surface area contributed by atoms with E-state index < -0.39 is 0 Å². The second-order valence-electron chi connectivity index (χ2n) is 6.47. The van der Waals surface area contributed by atoms with Gasteiger partial charge in [-0.2, -0.15) is 5.10 Å². The van der Waals surface area contributed by atoms with Crippen molar-refractivity contribution in [2.24, 2.45) is 0 Å². The van der Waals surface area contributed by atoms with Gasteiger partial charge in [-0.1, -0.05) is 0 Å². The quantitative estimate of drug-likeness (QED) is 0.721. The minimum absolute atomic E-state index is 0.226. The van der Waals surface area contributed by atoms with Crippen LogP contribution in [0.1, 0.15) is 30.1 Å². The van der Waals surface area contributed by atoms with E-state index in [1.54, 1.807) is 36.9 Å². The highest BCUT2D eigenvalue weighted by Crippen LogP contribution is 2.29. The average Bonchev–Trinajstić information content (AvgIpc) is 3.13. The van der Waals surface area contributed by atoms with Crippen molar-refractivity contribution in [2.45, 2.75) is 32.4 Å². The van der Waals surface area contributed by atoms with E-state index in [9.17, 15) is 4.79 Å². The van der Waals surface area contributed by atoms with Crippen molar-refractivity contribution in [3.05, 3.63) is 42.5 Å². The maximum Gasteiger partial charge on any atom is 0.259 e. The molecular formula is C19H22N6O2. The Balaban J connectivity index is 1.71. The predicted octanol–water partition coefficient (Wildman–Crippen LogP) is 2.69. The lowest BCUT2D eigenvalue weighted by Crippen LogP contribution is -2.29. The van der Waals surface area contributed by atoms with Crippen LogP contribution in [0, 0.1) is 0 Å². The van der Waals surface area contributed by atoms with Crippen LogP contribution in [0.15, 0.2) is 36.9 Å². The lowest BCUT2D eigenvalue weighted by atomic mass is 10.1. The molecule has 1 aliphatic heterocycles. The minimum atomic E-state index is -0.226. The molecule has 8 heteroatoms. The number of aromatic nitrogens is 4. The Morgan fingerprint density at radius 3 is 2.89 bits per heavy atom. The number of hydrogen-bond donors (Lipinski definition) is 2. The molecule has 8 nitrogen and oxygen atoms in total. The van der Waals surface area contributed by atoms with E-state index in [0.717, 1.165) is 42.8 Å². The molecule has 1 fully saturated rings. The van der Waals surface area contributed by atoms with E-state index in [0.29, 0.717) is 17.8 Å². The number of rotatable bonds is 5. The van der Waals surface area contributed by atoms with Crippen molar-refractivity contribution in [3.63, 3.8) is 0 Å². The third-order valence-electron chi connectivity index (χ3n) is 4.70. The number of carbonyl (C=O) groups is 1. The molecule has 3 aromatic rings. The summed E-state index contributed by atoms with van der Waals surface area (Å²) in [6.07, 6.45) is 8.47. The zero-order valence-electron chi connectivity index (χ0n) is 15.2. The summed E-state index contributed by atoms with van der Waals surface area (Å²) in [6.45, 7) is 4.17. The number of nitrogens with one attached hydrogen (secondary N) is 2. The van der Waals surface area contributed by atoms with Crippen LogP contribution >= 0.6 is 0 Å². The van der Waals surface area contributed by atoms with Gasteiger partial charge in [-0.25, -0.2) is 9.67 Å². The number of hydrogen-bond acceptors (Lipinski definition) is 6. The van der Waals surface area contributed by atoms with Crippen LogP contribution in [0.4, 0.5) is 11.4 Å². The fraction of sp³-hybridized carbons (Fsp3) is 0.368. The summed E-state index contributed by atoms with van der Waals surface area (Å²) >= 11 is 0. The third-order valence-corrected chi connectivity index (χ3v) is 4.70. The standard InChI is InChI=1S/C19H22N6O2/c1-2-25-18-15(12-22-25)17(23-13-5-8-27-9-6-13)16(11-21-18)19(26)24-14-4-3-7-20-10-14/h3-4,7,10-13H,2,5-6,8-9H2,1H3,(H,21,23)(H,24,26). The van der Waals surface area contributed by atoms with Gasteiger partial charge in [0.25, 0.3) is 5.91 Å². The van der Waals surface area contributed by atoms with E-state index in [2.05, 4.69) is 25.7 Å². The Morgan fingerprint density at radius 1 is 1.30 bits per heavy atom. The number of nitrogens with zero attached hydrogens (tertiary/aromatic N) is 4. The van der Waals surface area contributed by atoms with Crippen LogP contribution in [0.2, 0.25) is 0 Å². The third kappa shape index (κ3) is 3.61. The smallest absolute Gasteiger partial charge is 0.259 e. The molecule has 140 valence electrons. The van der Waals surface area contributed by atoms with Crippen molar-refractivity contribution in [1.82, 2.24) is 19.7 Å². The molecule has 0 atom stereocenters. The largest absolute Gasteiger partial charge is 0.381 e. The van der Waals surface area contributed by atoms with Gasteiger partial charge in [0.2, 0.25) is 0 Å². The number of aryl methyl sites for hydroxylation is 1. The highest BCUT2D eigenvalue weighted by molar-refractivity contribution is 6.12. The zero-order valence-corrected chi connectivity index (χ0v) is 15.2. The number of amides is 1. The lowest BCUT2D eigenvalue weighted by molar-refractivity contribution is 0.0904. The molecule has 0 saturated carbocycles. The molecule has 0 radical (unpaired) electrons. The Hall–Kier alpha value is -3.00.